The van der Waals surface area contributed by atoms with Gasteiger partial charge in [-0.2, -0.15) is 4.99 Å². The Kier molecular flexibility index (Phi) is 3.38. The molecule has 0 saturated carbocycles. The maximum atomic E-state index is 9.76. The maximum Gasteiger partial charge on any atom is 0.432 e. The van der Waals surface area contributed by atoms with Crippen molar-refractivity contribution in [3.63, 3.8) is 0 Å². The molecule has 0 aliphatic heterocycles. The van der Waals surface area contributed by atoms with Gasteiger partial charge in [0.1, 0.15) is 12.4 Å². The lowest BCUT2D eigenvalue weighted by atomic mass is 10.6. The fourth-order valence-corrected chi connectivity index (χ4v) is 0.303. The molecule has 0 aliphatic rings. The summed E-state index contributed by atoms with van der Waals surface area (Å²) in [5.41, 5.74) is 5.03. The second-order valence-electron chi connectivity index (χ2n) is 1.32. The number of amidine groups is 1. The molecule has 0 aromatic carbocycles. The third-order valence-corrected chi connectivity index (χ3v) is 0.531. The Hall–Kier alpha value is -1.10. The van der Waals surface area contributed by atoms with E-state index in [1.54, 1.807) is 0 Å². The van der Waals surface area contributed by atoms with Crippen LogP contribution in [0.3, 0.4) is 0 Å². The SMILES string of the molecule is COC/C(N)=N/C(=O)O. The molecule has 0 atom stereocenters. The Morgan fingerprint density at radius 3 is 2.78 bits per heavy atom. The van der Waals surface area contributed by atoms with Crippen molar-refractivity contribution in [1.82, 2.24) is 0 Å². The van der Waals surface area contributed by atoms with Crippen molar-refractivity contribution in [3.05, 3.63) is 0 Å². The van der Waals surface area contributed by atoms with Gasteiger partial charge in [-0.15, -0.1) is 0 Å². The van der Waals surface area contributed by atoms with Crippen LogP contribution in [0.25, 0.3) is 0 Å². The van der Waals surface area contributed by atoms with Crippen LogP contribution < -0.4 is 5.73 Å². The summed E-state index contributed by atoms with van der Waals surface area (Å²) in [6.45, 7) is 0.0479. The molecule has 0 fully saturated rings. The van der Waals surface area contributed by atoms with Gasteiger partial charge in [-0.1, -0.05) is 0 Å². The minimum absolute atomic E-state index is 0.0370. The minimum Gasteiger partial charge on any atom is -0.463 e. The first-order valence-corrected chi connectivity index (χ1v) is 2.21. The van der Waals surface area contributed by atoms with Crippen LogP contribution in [0, 0.1) is 0 Å². The third kappa shape index (κ3) is 4.76. The van der Waals surface area contributed by atoms with Crippen LogP contribution in [0.2, 0.25) is 0 Å². The normalized spacial score (nSPS) is 11.4. The number of methoxy groups -OCH3 is 1. The van der Waals surface area contributed by atoms with Crippen molar-refractivity contribution in [1.29, 1.82) is 0 Å². The zero-order valence-electron chi connectivity index (χ0n) is 5.00. The van der Waals surface area contributed by atoms with Crippen LogP contribution in [0.4, 0.5) is 4.79 Å². The van der Waals surface area contributed by atoms with E-state index in [2.05, 4.69) is 9.73 Å². The van der Waals surface area contributed by atoms with Gasteiger partial charge in [0.25, 0.3) is 0 Å². The number of ether oxygens (including phenoxy) is 1. The van der Waals surface area contributed by atoms with Gasteiger partial charge in [0, 0.05) is 7.11 Å². The maximum absolute atomic E-state index is 9.76. The quantitative estimate of drug-likeness (QED) is 0.398. The molecule has 9 heavy (non-hydrogen) atoms. The minimum atomic E-state index is -1.30. The molecule has 0 radical (unpaired) electrons. The molecule has 0 rings (SSSR count). The highest BCUT2D eigenvalue weighted by molar-refractivity contribution is 5.90. The van der Waals surface area contributed by atoms with Crippen LogP contribution in [0.1, 0.15) is 0 Å². The van der Waals surface area contributed by atoms with Gasteiger partial charge < -0.3 is 15.6 Å². The summed E-state index contributed by atoms with van der Waals surface area (Å²) in [5.74, 6) is -0.0370. The van der Waals surface area contributed by atoms with Crippen molar-refractivity contribution in [2.75, 3.05) is 13.7 Å². The lowest BCUT2D eigenvalue weighted by Crippen LogP contribution is -2.19. The first kappa shape index (κ1) is 7.90. The molecule has 0 aromatic rings. The van der Waals surface area contributed by atoms with Crippen LogP contribution in [-0.2, 0) is 4.74 Å². The molecule has 0 unspecified atom stereocenters. The van der Waals surface area contributed by atoms with Crippen LogP contribution >= 0.6 is 0 Å². The van der Waals surface area contributed by atoms with E-state index in [1.807, 2.05) is 0 Å². The summed E-state index contributed by atoms with van der Waals surface area (Å²) >= 11 is 0. The summed E-state index contributed by atoms with van der Waals surface area (Å²) in [4.78, 5) is 12.7. The molecule has 3 N–H and O–H groups in total. The van der Waals surface area contributed by atoms with Gasteiger partial charge in [-0.25, -0.2) is 4.79 Å². The monoisotopic (exact) mass is 132 g/mol. The number of hydrogen-bond acceptors (Lipinski definition) is 2. The van der Waals surface area contributed by atoms with Gasteiger partial charge in [0.05, 0.1) is 0 Å². The van der Waals surface area contributed by atoms with Crippen LogP contribution in [-0.4, -0.2) is 30.8 Å². The van der Waals surface area contributed by atoms with Crippen molar-refractivity contribution >= 4 is 11.9 Å². The van der Waals surface area contributed by atoms with Crippen molar-refractivity contribution in [3.8, 4) is 0 Å². The molecule has 0 spiro atoms. The summed E-state index contributed by atoms with van der Waals surface area (Å²) in [6, 6.07) is 0. The second kappa shape index (κ2) is 3.85. The number of nitrogens with two attached hydrogens (primary N) is 1. The third-order valence-electron chi connectivity index (χ3n) is 0.531. The Bertz CT molecular complexity index is 132. The molecule has 1 amide bonds. The van der Waals surface area contributed by atoms with Crippen LogP contribution in [0.5, 0.6) is 0 Å². The van der Waals surface area contributed by atoms with E-state index in [4.69, 9.17) is 10.8 Å². The standard InChI is InChI=1S/C4H8N2O3/c1-9-2-3(5)6-4(7)8/h2H2,1H3,(H2,5,6)(H,7,8). The van der Waals surface area contributed by atoms with Gasteiger partial charge in [0.15, 0.2) is 0 Å². The smallest absolute Gasteiger partial charge is 0.432 e. The number of rotatable bonds is 2. The fraction of sp³-hybridized carbons (Fsp3) is 0.500. The number of aliphatic imine (C=N–C) groups is 1. The van der Waals surface area contributed by atoms with Gasteiger partial charge in [-0.3, -0.25) is 0 Å². The van der Waals surface area contributed by atoms with Crippen molar-refractivity contribution in [2.24, 2.45) is 10.7 Å². The van der Waals surface area contributed by atoms with Gasteiger partial charge in [-0.05, 0) is 0 Å². The summed E-state index contributed by atoms with van der Waals surface area (Å²) in [5, 5.41) is 7.99. The van der Waals surface area contributed by atoms with Crippen molar-refractivity contribution < 1.29 is 14.6 Å². The Labute approximate surface area is 52.1 Å². The second-order valence-corrected chi connectivity index (χ2v) is 1.32. The number of carboxylic acid groups (broad SMARTS) is 1. The molecular weight excluding hydrogens is 124 g/mol. The Morgan fingerprint density at radius 2 is 2.44 bits per heavy atom. The first-order valence-electron chi connectivity index (χ1n) is 2.21. The summed E-state index contributed by atoms with van der Waals surface area (Å²) < 4.78 is 4.49. The lowest BCUT2D eigenvalue weighted by molar-refractivity contribution is 0.204. The zero-order valence-corrected chi connectivity index (χ0v) is 5.00. The highest BCUT2D eigenvalue weighted by Crippen LogP contribution is 1.73. The average Bonchev–Trinajstić information content (AvgIpc) is 1.63. The molecule has 5 heteroatoms. The van der Waals surface area contributed by atoms with E-state index in [9.17, 15) is 4.79 Å². The summed E-state index contributed by atoms with van der Waals surface area (Å²) in [6.07, 6.45) is -1.30. The highest BCUT2D eigenvalue weighted by atomic mass is 16.5. The molecule has 52 valence electrons. The summed E-state index contributed by atoms with van der Waals surface area (Å²) in [7, 11) is 1.41. The van der Waals surface area contributed by atoms with E-state index in [1.165, 1.54) is 7.11 Å². The molecular formula is C4H8N2O3. The molecule has 0 heterocycles. The van der Waals surface area contributed by atoms with E-state index in [0.717, 1.165) is 0 Å². The number of carbonyl (C=O) groups is 1. The van der Waals surface area contributed by atoms with Crippen molar-refractivity contribution in [2.45, 2.75) is 0 Å². The van der Waals surface area contributed by atoms with E-state index >= 15 is 0 Å². The first-order chi connectivity index (χ1) is 4.16. The fourth-order valence-electron chi connectivity index (χ4n) is 0.303. The molecule has 0 aliphatic carbocycles. The molecule has 0 aromatic heterocycles. The van der Waals surface area contributed by atoms with E-state index in [-0.39, 0.29) is 12.4 Å². The topological polar surface area (TPSA) is 84.9 Å². The average molecular weight is 132 g/mol. The van der Waals surface area contributed by atoms with Crippen LogP contribution in [0.15, 0.2) is 4.99 Å². The molecule has 0 saturated heterocycles. The Morgan fingerprint density at radius 1 is 1.89 bits per heavy atom. The number of amides is 1. The zero-order chi connectivity index (χ0) is 7.28. The predicted molar refractivity (Wildman–Crippen MR) is 31.5 cm³/mol. The van der Waals surface area contributed by atoms with Gasteiger partial charge >= 0.3 is 6.09 Å². The van der Waals surface area contributed by atoms with E-state index < -0.39 is 6.09 Å². The van der Waals surface area contributed by atoms with E-state index in [0.29, 0.717) is 0 Å². The lowest BCUT2D eigenvalue weighted by Gasteiger charge is -1.93. The largest absolute Gasteiger partial charge is 0.463 e. The number of hydrogen-bond donors (Lipinski definition) is 2. The van der Waals surface area contributed by atoms with Gasteiger partial charge in [0.2, 0.25) is 0 Å². The highest BCUT2D eigenvalue weighted by Gasteiger charge is 1.93. The Balaban J connectivity index is 3.69. The predicted octanol–water partition coefficient (Wildman–Crippen LogP) is -0.332. The molecule has 5 nitrogen and oxygen atoms in total. The number of nitrogens with zero attached hydrogens (tertiary/aromatic N) is 1. The molecule has 0 bridgehead atoms.